The van der Waals surface area contributed by atoms with E-state index in [0.717, 1.165) is 53.9 Å². The van der Waals surface area contributed by atoms with E-state index in [0.29, 0.717) is 12.1 Å². The van der Waals surface area contributed by atoms with E-state index in [9.17, 15) is 4.79 Å². The van der Waals surface area contributed by atoms with Crippen molar-refractivity contribution in [3.63, 3.8) is 0 Å². The smallest absolute Gasteiger partial charge is 0.254 e. The van der Waals surface area contributed by atoms with Gasteiger partial charge in [-0.3, -0.25) is 4.79 Å². The van der Waals surface area contributed by atoms with Crippen LogP contribution in [0.25, 0.3) is 21.9 Å². The number of ether oxygens (including phenoxy) is 1. The highest BCUT2D eigenvalue weighted by Crippen LogP contribution is 2.32. The van der Waals surface area contributed by atoms with Gasteiger partial charge in [-0.15, -0.1) is 0 Å². The second-order valence-electron chi connectivity index (χ2n) is 8.00. The minimum absolute atomic E-state index is 0.0431. The average molecular weight is 428 g/mol. The summed E-state index contributed by atoms with van der Waals surface area (Å²) in [6, 6.07) is 22.5. The van der Waals surface area contributed by atoms with Crippen molar-refractivity contribution < 1.29 is 14.1 Å². The Balaban J connectivity index is 1.46. The molecule has 1 aromatic heterocycles. The van der Waals surface area contributed by atoms with Crippen LogP contribution in [0.5, 0.6) is 0 Å². The number of anilines is 1. The monoisotopic (exact) mass is 427 g/mol. The fraction of sp³-hybridized carbons (Fsp3) is 0.231. The number of nitrogens with zero attached hydrogens (tertiary/aromatic N) is 3. The number of aromatic nitrogens is 1. The molecule has 0 saturated carbocycles. The van der Waals surface area contributed by atoms with Gasteiger partial charge in [0, 0.05) is 37.5 Å². The fourth-order valence-corrected chi connectivity index (χ4v) is 4.25. The molecule has 6 nitrogen and oxygen atoms in total. The van der Waals surface area contributed by atoms with Crippen molar-refractivity contribution in [3.05, 3.63) is 84.3 Å². The first-order chi connectivity index (χ1) is 15.7. The standard InChI is InChI=1S/C26H25N3O3/c1-28(18-20-12-15-32-27-20)26(30)25-11-10-22(23-4-2-3-5-24(23)25)19-6-8-21(9-7-19)29-13-16-31-17-14-29/h2-12,15H,13-14,16-18H2,1H3. The van der Waals surface area contributed by atoms with Gasteiger partial charge in [-0.05, 0) is 40.1 Å². The van der Waals surface area contributed by atoms with Crippen molar-refractivity contribution in [2.24, 2.45) is 0 Å². The Hall–Kier alpha value is -3.64. The molecule has 0 N–H and O–H groups in total. The molecular weight excluding hydrogens is 402 g/mol. The van der Waals surface area contributed by atoms with Crippen LogP contribution in [0.2, 0.25) is 0 Å². The number of carbonyl (C=O) groups is 1. The number of hydrogen-bond donors (Lipinski definition) is 0. The van der Waals surface area contributed by atoms with E-state index in [-0.39, 0.29) is 5.91 Å². The van der Waals surface area contributed by atoms with E-state index >= 15 is 0 Å². The average Bonchev–Trinajstić information content (AvgIpc) is 3.36. The number of rotatable bonds is 5. The van der Waals surface area contributed by atoms with Gasteiger partial charge < -0.3 is 19.1 Å². The number of hydrogen-bond acceptors (Lipinski definition) is 5. The first-order valence-corrected chi connectivity index (χ1v) is 10.8. The fourth-order valence-electron chi connectivity index (χ4n) is 4.25. The zero-order chi connectivity index (χ0) is 21.9. The van der Waals surface area contributed by atoms with E-state index in [4.69, 9.17) is 9.26 Å². The lowest BCUT2D eigenvalue weighted by Crippen LogP contribution is -2.36. The minimum Gasteiger partial charge on any atom is -0.378 e. The van der Waals surface area contributed by atoms with Crippen LogP contribution in [-0.4, -0.2) is 49.3 Å². The van der Waals surface area contributed by atoms with Crippen molar-refractivity contribution in [3.8, 4) is 11.1 Å². The first-order valence-electron chi connectivity index (χ1n) is 10.8. The maximum absolute atomic E-state index is 13.2. The quantitative estimate of drug-likeness (QED) is 0.466. The van der Waals surface area contributed by atoms with Crippen LogP contribution in [0.15, 0.2) is 77.5 Å². The molecule has 0 bridgehead atoms. The van der Waals surface area contributed by atoms with Crippen LogP contribution in [0.4, 0.5) is 5.69 Å². The molecule has 2 heterocycles. The van der Waals surface area contributed by atoms with E-state index < -0.39 is 0 Å². The van der Waals surface area contributed by atoms with Crippen molar-refractivity contribution in [2.75, 3.05) is 38.3 Å². The third-order valence-electron chi connectivity index (χ3n) is 5.95. The predicted molar refractivity (Wildman–Crippen MR) is 125 cm³/mol. The van der Waals surface area contributed by atoms with Gasteiger partial charge in [-0.2, -0.15) is 0 Å². The summed E-state index contributed by atoms with van der Waals surface area (Å²) < 4.78 is 10.3. The maximum Gasteiger partial charge on any atom is 0.254 e. The Kier molecular flexibility index (Phi) is 5.60. The van der Waals surface area contributed by atoms with Crippen LogP contribution in [0, 0.1) is 0 Å². The molecule has 0 aliphatic carbocycles. The largest absolute Gasteiger partial charge is 0.378 e. The molecule has 0 unspecified atom stereocenters. The number of carbonyl (C=O) groups excluding carboxylic acids is 1. The third kappa shape index (κ3) is 3.97. The lowest BCUT2D eigenvalue weighted by molar-refractivity contribution is 0.0784. The van der Waals surface area contributed by atoms with E-state index in [1.807, 2.05) is 30.3 Å². The summed E-state index contributed by atoms with van der Waals surface area (Å²) in [4.78, 5) is 17.2. The van der Waals surface area contributed by atoms with Gasteiger partial charge in [-0.25, -0.2) is 0 Å². The molecule has 32 heavy (non-hydrogen) atoms. The summed E-state index contributed by atoms with van der Waals surface area (Å²) in [5.74, 6) is -0.0431. The second kappa shape index (κ2) is 8.85. The molecular formula is C26H25N3O3. The van der Waals surface area contributed by atoms with Gasteiger partial charge in [-0.1, -0.05) is 47.6 Å². The molecule has 0 atom stereocenters. The van der Waals surface area contributed by atoms with Crippen molar-refractivity contribution >= 4 is 22.4 Å². The Morgan fingerprint density at radius 1 is 0.969 bits per heavy atom. The van der Waals surface area contributed by atoms with E-state index in [1.54, 1.807) is 18.0 Å². The lowest BCUT2D eigenvalue weighted by atomic mass is 9.94. The lowest BCUT2D eigenvalue weighted by Gasteiger charge is -2.29. The molecule has 0 spiro atoms. The molecule has 5 rings (SSSR count). The topological polar surface area (TPSA) is 58.8 Å². The molecule has 162 valence electrons. The summed E-state index contributed by atoms with van der Waals surface area (Å²) in [5, 5.41) is 5.92. The highest BCUT2D eigenvalue weighted by Gasteiger charge is 2.18. The van der Waals surface area contributed by atoms with Gasteiger partial charge in [0.2, 0.25) is 0 Å². The molecule has 3 aromatic carbocycles. The van der Waals surface area contributed by atoms with Gasteiger partial charge in [0.15, 0.2) is 0 Å². The third-order valence-corrected chi connectivity index (χ3v) is 5.95. The van der Waals surface area contributed by atoms with Crippen LogP contribution in [0.3, 0.4) is 0 Å². The van der Waals surface area contributed by atoms with Gasteiger partial charge in [0.25, 0.3) is 5.91 Å². The van der Waals surface area contributed by atoms with Crippen LogP contribution in [0.1, 0.15) is 16.1 Å². The Morgan fingerprint density at radius 3 is 2.44 bits per heavy atom. The van der Waals surface area contributed by atoms with Crippen LogP contribution in [-0.2, 0) is 11.3 Å². The van der Waals surface area contributed by atoms with Crippen LogP contribution < -0.4 is 4.90 Å². The summed E-state index contributed by atoms with van der Waals surface area (Å²) >= 11 is 0. The summed E-state index contributed by atoms with van der Waals surface area (Å²) in [7, 11) is 1.78. The number of benzene rings is 3. The van der Waals surface area contributed by atoms with Gasteiger partial charge >= 0.3 is 0 Å². The van der Waals surface area contributed by atoms with Crippen molar-refractivity contribution in [2.45, 2.75) is 6.54 Å². The second-order valence-corrected chi connectivity index (χ2v) is 8.00. The maximum atomic E-state index is 13.2. The molecule has 1 aliphatic heterocycles. The summed E-state index contributed by atoms with van der Waals surface area (Å²) in [6.07, 6.45) is 1.52. The predicted octanol–water partition coefficient (Wildman–Crippen LogP) is 4.60. The van der Waals surface area contributed by atoms with Gasteiger partial charge in [0.05, 0.1) is 19.8 Å². The number of fused-ring (bicyclic) bond motifs is 1. The van der Waals surface area contributed by atoms with Gasteiger partial charge in [0.1, 0.15) is 12.0 Å². The normalized spacial score (nSPS) is 14.0. The highest BCUT2D eigenvalue weighted by atomic mass is 16.5. The number of morpholine rings is 1. The molecule has 1 aliphatic rings. The molecule has 4 aromatic rings. The first kappa shape index (κ1) is 20.3. The SMILES string of the molecule is CN(Cc1ccon1)C(=O)c1ccc(-c2ccc(N3CCOCC3)cc2)c2ccccc12. The highest BCUT2D eigenvalue weighted by molar-refractivity contribution is 6.10. The van der Waals surface area contributed by atoms with E-state index in [2.05, 4.69) is 40.4 Å². The summed E-state index contributed by atoms with van der Waals surface area (Å²) in [6.45, 7) is 3.77. The molecule has 1 amide bonds. The minimum atomic E-state index is -0.0431. The number of amides is 1. The van der Waals surface area contributed by atoms with Crippen molar-refractivity contribution in [1.29, 1.82) is 0 Å². The van der Waals surface area contributed by atoms with Crippen molar-refractivity contribution in [1.82, 2.24) is 10.1 Å². The molecule has 1 fully saturated rings. The Morgan fingerprint density at radius 2 is 1.72 bits per heavy atom. The Bertz CT molecular complexity index is 1210. The summed E-state index contributed by atoms with van der Waals surface area (Å²) in [5.41, 5.74) is 4.86. The molecule has 0 radical (unpaired) electrons. The zero-order valence-corrected chi connectivity index (χ0v) is 18.0. The van der Waals surface area contributed by atoms with Crippen LogP contribution >= 0.6 is 0 Å². The Labute approximate surface area is 187 Å². The van der Waals surface area contributed by atoms with E-state index in [1.165, 1.54) is 12.0 Å². The molecule has 1 saturated heterocycles. The zero-order valence-electron chi connectivity index (χ0n) is 18.0. The molecule has 6 heteroatoms.